The van der Waals surface area contributed by atoms with E-state index in [0.29, 0.717) is 23.8 Å². The summed E-state index contributed by atoms with van der Waals surface area (Å²) in [4.78, 5) is 30.2. The van der Waals surface area contributed by atoms with Gasteiger partial charge in [0.15, 0.2) is 0 Å². The van der Waals surface area contributed by atoms with Gasteiger partial charge in [-0.2, -0.15) is 0 Å². The van der Waals surface area contributed by atoms with Crippen LogP contribution in [0.1, 0.15) is 24.5 Å². The zero-order chi connectivity index (χ0) is 21.0. The molecule has 29 heavy (non-hydrogen) atoms. The first-order valence-corrected chi connectivity index (χ1v) is 10.9. The maximum atomic E-state index is 12.9. The smallest absolute Gasteiger partial charge is 0.238 e. The molecular formula is C22H26ClN3O2S. The van der Waals surface area contributed by atoms with Gasteiger partial charge in [0.2, 0.25) is 11.8 Å². The van der Waals surface area contributed by atoms with Gasteiger partial charge in [0.05, 0.1) is 10.9 Å². The average molecular weight is 432 g/mol. The first kappa shape index (κ1) is 21.7. The average Bonchev–Trinajstić information content (AvgIpc) is 2.67. The van der Waals surface area contributed by atoms with Gasteiger partial charge in [0.25, 0.3) is 0 Å². The third-order valence-corrected chi connectivity index (χ3v) is 6.26. The zero-order valence-electron chi connectivity index (χ0n) is 16.9. The van der Waals surface area contributed by atoms with Gasteiger partial charge in [-0.3, -0.25) is 9.59 Å². The minimum Gasteiger partial charge on any atom is -0.339 e. The van der Waals surface area contributed by atoms with Crippen LogP contribution in [0.25, 0.3) is 0 Å². The predicted molar refractivity (Wildman–Crippen MR) is 119 cm³/mol. The monoisotopic (exact) mass is 431 g/mol. The van der Waals surface area contributed by atoms with Crippen molar-refractivity contribution in [3.05, 3.63) is 58.6 Å². The number of fused-ring (bicyclic) bond motifs is 1. The minimum atomic E-state index is -0.437. The number of carbonyl (C=O) groups is 2. The fraction of sp³-hybridized carbons (Fsp3) is 0.364. The molecule has 1 aliphatic heterocycles. The molecule has 5 nitrogen and oxygen atoms in total. The highest BCUT2D eigenvalue weighted by atomic mass is 35.5. The van der Waals surface area contributed by atoms with Crippen molar-refractivity contribution in [1.82, 2.24) is 9.80 Å². The van der Waals surface area contributed by atoms with Crippen molar-refractivity contribution in [2.75, 3.05) is 26.0 Å². The van der Waals surface area contributed by atoms with Gasteiger partial charge in [0, 0.05) is 36.0 Å². The highest BCUT2D eigenvalue weighted by molar-refractivity contribution is 8.01. The third-order valence-electron chi connectivity index (χ3n) is 4.75. The molecule has 2 amide bonds. The van der Waals surface area contributed by atoms with Crippen LogP contribution in [0.15, 0.2) is 47.4 Å². The number of thioether (sulfide) groups is 1. The highest BCUT2D eigenvalue weighted by Gasteiger charge is 2.30. The molecule has 0 saturated carbocycles. The molecule has 1 heterocycles. The second-order valence-corrected chi connectivity index (χ2v) is 9.08. The molecule has 1 atom stereocenters. The summed E-state index contributed by atoms with van der Waals surface area (Å²) in [6, 6.07) is 13.7. The number of hydrogen-bond donors (Lipinski definition) is 1. The Morgan fingerprint density at radius 3 is 2.38 bits per heavy atom. The van der Waals surface area contributed by atoms with Crippen molar-refractivity contribution in [3.63, 3.8) is 0 Å². The molecule has 2 aromatic carbocycles. The van der Waals surface area contributed by atoms with Crippen LogP contribution in [-0.4, -0.2) is 47.5 Å². The standard InChI is InChI=1S/C22H26ClN3O2S/c1-4-26(14-16-7-5-15(6-8-16)13-25(2)3)21(27)12-20-22(28)24-18-11-17(23)9-10-19(18)29-20/h5-11,20H,4,12-14H2,1-3H3,(H,24,28). The molecule has 3 rings (SSSR count). The molecule has 0 bridgehead atoms. The van der Waals surface area contributed by atoms with Gasteiger partial charge in [-0.15, -0.1) is 11.8 Å². The normalized spacial score (nSPS) is 15.8. The topological polar surface area (TPSA) is 52.6 Å². The van der Waals surface area contributed by atoms with E-state index in [1.165, 1.54) is 17.3 Å². The molecule has 154 valence electrons. The minimum absolute atomic E-state index is 0.0186. The Kier molecular flexibility index (Phi) is 7.22. The lowest BCUT2D eigenvalue weighted by Gasteiger charge is -2.27. The SMILES string of the molecule is CCN(Cc1ccc(CN(C)C)cc1)C(=O)CC1Sc2ccc(Cl)cc2NC1=O. The van der Waals surface area contributed by atoms with Gasteiger partial charge in [-0.1, -0.05) is 35.9 Å². The van der Waals surface area contributed by atoms with E-state index in [0.717, 1.165) is 17.0 Å². The highest BCUT2D eigenvalue weighted by Crippen LogP contribution is 2.38. The lowest BCUT2D eigenvalue weighted by atomic mass is 10.1. The summed E-state index contributed by atoms with van der Waals surface area (Å²) < 4.78 is 0. The largest absolute Gasteiger partial charge is 0.339 e. The number of halogens is 1. The molecule has 0 fully saturated rings. The molecule has 1 unspecified atom stereocenters. The van der Waals surface area contributed by atoms with Gasteiger partial charge in [-0.25, -0.2) is 0 Å². The van der Waals surface area contributed by atoms with Crippen molar-refractivity contribution >= 4 is 40.9 Å². The number of amides is 2. The lowest BCUT2D eigenvalue weighted by Crippen LogP contribution is -2.37. The number of anilines is 1. The molecular weight excluding hydrogens is 406 g/mol. The van der Waals surface area contributed by atoms with Crippen LogP contribution in [0.4, 0.5) is 5.69 Å². The molecule has 1 N–H and O–H groups in total. The van der Waals surface area contributed by atoms with E-state index in [1.807, 2.05) is 27.1 Å². The predicted octanol–water partition coefficient (Wildman–Crippen LogP) is 4.25. The van der Waals surface area contributed by atoms with E-state index in [9.17, 15) is 9.59 Å². The molecule has 0 aliphatic carbocycles. The van der Waals surface area contributed by atoms with Gasteiger partial charge in [0.1, 0.15) is 0 Å². The number of nitrogens with zero attached hydrogens (tertiary/aromatic N) is 2. The molecule has 2 aromatic rings. The molecule has 1 aliphatic rings. The summed E-state index contributed by atoms with van der Waals surface area (Å²) in [7, 11) is 4.08. The number of carbonyl (C=O) groups excluding carboxylic acids is 2. The van der Waals surface area contributed by atoms with Crippen LogP contribution in [0.2, 0.25) is 5.02 Å². The number of nitrogens with one attached hydrogen (secondary N) is 1. The first-order chi connectivity index (χ1) is 13.9. The fourth-order valence-corrected chi connectivity index (χ4v) is 4.51. The van der Waals surface area contributed by atoms with E-state index in [1.54, 1.807) is 17.0 Å². The first-order valence-electron chi connectivity index (χ1n) is 9.63. The van der Waals surface area contributed by atoms with Crippen molar-refractivity contribution in [1.29, 1.82) is 0 Å². The van der Waals surface area contributed by atoms with Crippen molar-refractivity contribution in [2.45, 2.75) is 36.6 Å². The van der Waals surface area contributed by atoms with Crippen molar-refractivity contribution < 1.29 is 9.59 Å². The number of hydrogen-bond acceptors (Lipinski definition) is 4. The Labute approximate surface area is 181 Å². The Bertz CT molecular complexity index is 886. The summed E-state index contributed by atoms with van der Waals surface area (Å²) in [5.74, 6) is -0.169. The molecule has 0 saturated heterocycles. The van der Waals surface area contributed by atoms with Crippen LogP contribution >= 0.6 is 23.4 Å². The number of benzene rings is 2. The van der Waals surface area contributed by atoms with Crippen LogP contribution in [0.5, 0.6) is 0 Å². The second-order valence-electron chi connectivity index (χ2n) is 7.40. The summed E-state index contributed by atoms with van der Waals surface area (Å²) >= 11 is 7.41. The van der Waals surface area contributed by atoms with E-state index >= 15 is 0 Å². The second kappa shape index (κ2) is 9.65. The van der Waals surface area contributed by atoms with E-state index in [-0.39, 0.29) is 18.2 Å². The Morgan fingerprint density at radius 1 is 1.10 bits per heavy atom. The summed E-state index contributed by atoms with van der Waals surface area (Å²) in [6.07, 6.45) is 0.172. The Hall–Kier alpha value is -2.02. The lowest BCUT2D eigenvalue weighted by molar-refractivity contribution is -0.133. The van der Waals surface area contributed by atoms with Crippen molar-refractivity contribution in [3.8, 4) is 0 Å². The summed E-state index contributed by atoms with van der Waals surface area (Å²) in [5.41, 5.74) is 3.03. The van der Waals surface area contributed by atoms with Crippen LogP contribution in [0.3, 0.4) is 0 Å². The zero-order valence-corrected chi connectivity index (χ0v) is 18.5. The summed E-state index contributed by atoms with van der Waals surface area (Å²) in [5, 5.41) is 3.01. The van der Waals surface area contributed by atoms with Crippen LogP contribution in [-0.2, 0) is 22.7 Å². The third kappa shape index (κ3) is 5.75. The van der Waals surface area contributed by atoms with E-state index in [2.05, 4.69) is 34.5 Å². The number of rotatable bonds is 7. The molecule has 0 aromatic heterocycles. The fourth-order valence-electron chi connectivity index (χ4n) is 3.26. The van der Waals surface area contributed by atoms with Gasteiger partial charge in [-0.05, 0) is 50.3 Å². The van der Waals surface area contributed by atoms with Gasteiger partial charge >= 0.3 is 0 Å². The Balaban J connectivity index is 1.62. The summed E-state index contributed by atoms with van der Waals surface area (Å²) in [6.45, 7) is 3.99. The molecule has 0 radical (unpaired) electrons. The van der Waals surface area contributed by atoms with Gasteiger partial charge < -0.3 is 15.1 Å². The van der Waals surface area contributed by atoms with E-state index in [4.69, 9.17) is 11.6 Å². The maximum Gasteiger partial charge on any atom is 0.238 e. The van der Waals surface area contributed by atoms with E-state index < -0.39 is 5.25 Å². The molecule has 7 heteroatoms. The Morgan fingerprint density at radius 2 is 1.76 bits per heavy atom. The molecule has 0 spiro atoms. The van der Waals surface area contributed by atoms with Crippen molar-refractivity contribution in [2.24, 2.45) is 0 Å². The van der Waals surface area contributed by atoms with Crippen LogP contribution in [0, 0.1) is 0 Å². The maximum absolute atomic E-state index is 12.9. The van der Waals surface area contributed by atoms with Crippen LogP contribution < -0.4 is 5.32 Å². The quantitative estimate of drug-likeness (QED) is 0.711.